The van der Waals surface area contributed by atoms with Crippen molar-refractivity contribution in [3.8, 4) is 0 Å². The zero-order valence-electron chi connectivity index (χ0n) is 9.84. The third-order valence-corrected chi connectivity index (χ3v) is 3.15. The van der Waals surface area contributed by atoms with E-state index in [0.29, 0.717) is 18.4 Å². The summed E-state index contributed by atoms with van der Waals surface area (Å²) in [7, 11) is 0. The molecule has 1 unspecified atom stereocenters. The van der Waals surface area contributed by atoms with E-state index in [4.69, 9.17) is 11.6 Å². The van der Waals surface area contributed by atoms with Gasteiger partial charge in [-0.05, 0) is 43.5 Å². The lowest BCUT2D eigenvalue weighted by Crippen LogP contribution is -2.21. The minimum atomic E-state index is -0.523. The van der Waals surface area contributed by atoms with Crippen LogP contribution < -0.4 is 5.32 Å². The predicted molar refractivity (Wildman–Crippen MR) is 67.8 cm³/mol. The number of fused-ring (bicyclic) bond motifs is 1. The molecule has 1 atom stereocenters. The van der Waals surface area contributed by atoms with E-state index in [2.05, 4.69) is 5.32 Å². The molecular formula is C13H14ClNO2. The fourth-order valence-corrected chi connectivity index (χ4v) is 2.18. The first-order valence-electron chi connectivity index (χ1n) is 5.60. The molecule has 1 aromatic rings. The third kappa shape index (κ3) is 2.34. The van der Waals surface area contributed by atoms with Crippen LogP contribution in [0.4, 0.5) is 5.69 Å². The van der Waals surface area contributed by atoms with E-state index in [1.165, 1.54) is 0 Å². The Morgan fingerprint density at radius 1 is 1.41 bits per heavy atom. The Bertz CT molecular complexity index is 494. The predicted octanol–water partition coefficient (Wildman–Crippen LogP) is 2.69. The number of carbonyl (C=O) groups excluding carboxylic acids is 2. The van der Waals surface area contributed by atoms with E-state index >= 15 is 0 Å². The molecule has 0 fully saturated rings. The summed E-state index contributed by atoms with van der Waals surface area (Å²) in [5.74, 6) is -0.0418. The highest BCUT2D eigenvalue weighted by molar-refractivity contribution is 6.33. The Hall–Kier alpha value is -1.35. The SMILES string of the molecule is Cc1cc(C(=O)C(C)Cl)cc2c1NC(=O)CC2. The van der Waals surface area contributed by atoms with Gasteiger partial charge in [0, 0.05) is 17.7 Å². The zero-order valence-corrected chi connectivity index (χ0v) is 10.6. The number of hydrogen-bond donors (Lipinski definition) is 1. The first-order valence-corrected chi connectivity index (χ1v) is 6.04. The van der Waals surface area contributed by atoms with Gasteiger partial charge in [-0.2, -0.15) is 0 Å². The van der Waals surface area contributed by atoms with E-state index in [0.717, 1.165) is 16.8 Å². The highest BCUT2D eigenvalue weighted by Crippen LogP contribution is 2.28. The number of alkyl halides is 1. The fourth-order valence-electron chi connectivity index (χ4n) is 2.06. The van der Waals surface area contributed by atoms with Crippen LogP contribution in [-0.2, 0) is 11.2 Å². The van der Waals surface area contributed by atoms with Gasteiger partial charge in [0.15, 0.2) is 5.78 Å². The van der Waals surface area contributed by atoms with Crippen molar-refractivity contribution in [1.29, 1.82) is 0 Å². The third-order valence-electron chi connectivity index (χ3n) is 2.95. The average molecular weight is 252 g/mol. The van der Waals surface area contributed by atoms with Crippen molar-refractivity contribution in [2.24, 2.45) is 0 Å². The van der Waals surface area contributed by atoms with Gasteiger partial charge in [-0.1, -0.05) is 0 Å². The number of Topliss-reactive ketones (excluding diaryl/α,β-unsaturated/α-hetero) is 1. The molecule has 0 saturated carbocycles. The van der Waals surface area contributed by atoms with Crippen molar-refractivity contribution in [1.82, 2.24) is 0 Å². The molecule has 1 heterocycles. The smallest absolute Gasteiger partial charge is 0.224 e. The standard InChI is InChI=1S/C13H14ClNO2/c1-7-5-10(13(17)8(2)14)6-9-3-4-11(16)15-12(7)9/h5-6,8H,3-4H2,1-2H3,(H,15,16). The van der Waals surface area contributed by atoms with Crippen LogP contribution in [0.3, 0.4) is 0 Å². The maximum atomic E-state index is 11.8. The Balaban J connectivity index is 2.44. The molecule has 1 aromatic carbocycles. The molecular weight excluding hydrogens is 238 g/mol. The molecule has 0 saturated heterocycles. The Morgan fingerprint density at radius 3 is 2.76 bits per heavy atom. The summed E-state index contributed by atoms with van der Waals surface area (Å²) in [5, 5.41) is 2.32. The first kappa shape index (κ1) is 12.1. The van der Waals surface area contributed by atoms with Crippen LogP contribution in [0.2, 0.25) is 0 Å². The Morgan fingerprint density at radius 2 is 2.12 bits per heavy atom. The topological polar surface area (TPSA) is 46.2 Å². The molecule has 0 radical (unpaired) electrons. The highest BCUT2D eigenvalue weighted by atomic mass is 35.5. The molecule has 1 amide bonds. The van der Waals surface area contributed by atoms with E-state index in [9.17, 15) is 9.59 Å². The van der Waals surface area contributed by atoms with Gasteiger partial charge in [0.05, 0.1) is 5.38 Å². The van der Waals surface area contributed by atoms with E-state index in [-0.39, 0.29) is 11.7 Å². The van der Waals surface area contributed by atoms with Gasteiger partial charge in [-0.3, -0.25) is 9.59 Å². The van der Waals surface area contributed by atoms with Crippen molar-refractivity contribution < 1.29 is 9.59 Å². The summed E-state index contributed by atoms with van der Waals surface area (Å²) in [6.07, 6.45) is 1.15. The van der Waals surface area contributed by atoms with Crippen LogP contribution in [-0.4, -0.2) is 17.1 Å². The second-order valence-corrected chi connectivity index (χ2v) is 5.01. The molecule has 17 heavy (non-hydrogen) atoms. The number of carbonyl (C=O) groups is 2. The molecule has 3 nitrogen and oxygen atoms in total. The van der Waals surface area contributed by atoms with Crippen LogP contribution in [0.15, 0.2) is 12.1 Å². The summed E-state index contributed by atoms with van der Waals surface area (Å²) in [6, 6.07) is 3.62. The van der Waals surface area contributed by atoms with Crippen molar-refractivity contribution in [2.75, 3.05) is 5.32 Å². The summed E-state index contributed by atoms with van der Waals surface area (Å²) in [6.45, 7) is 3.56. The van der Waals surface area contributed by atoms with Gasteiger partial charge < -0.3 is 5.32 Å². The molecule has 2 rings (SSSR count). The molecule has 1 N–H and O–H groups in total. The van der Waals surface area contributed by atoms with E-state index in [1.54, 1.807) is 13.0 Å². The average Bonchev–Trinajstić information content (AvgIpc) is 2.28. The molecule has 0 spiro atoms. The van der Waals surface area contributed by atoms with Gasteiger partial charge in [-0.15, -0.1) is 11.6 Å². The zero-order chi connectivity index (χ0) is 12.6. The van der Waals surface area contributed by atoms with Gasteiger partial charge >= 0.3 is 0 Å². The van der Waals surface area contributed by atoms with Gasteiger partial charge in [0.2, 0.25) is 5.91 Å². The Kier molecular flexibility index (Phi) is 3.20. The summed E-state index contributed by atoms with van der Waals surface area (Å²) in [4.78, 5) is 23.1. The van der Waals surface area contributed by atoms with Crippen LogP contribution >= 0.6 is 11.6 Å². The van der Waals surface area contributed by atoms with Crippen LogP contribution in [0.5, 0.6) is 0 Å². The molecule has 4 heteroatoms. The summed E-state index contributed by atoms with van der Waals surface area (Å²) < 4.78 is 0. The van der Waals surface area contributed by atoms with Crippen molar-refractivity contribution in [2.45, 2.75) is 32.1 Å². The van der Waals surface area contributed by atoms with Gasteiger partial charge in [-0.25, -0.2) is 0 Å². The second-order valence-electron chi connectivity index (χ2n) is 4.36. The normalized spacial score (nSPS) is 16.1. The highest BCUT2D eigenvalue weighted by Gasteiger charge is 2.20. The van der Waals surface area contributed by atoms with E-state index < -0.39 is 5.38 Å². The fraction of sp³-hybridized carbons (Fsp3) is 0.385. The molecule has 1 aliphatic heterocycles. The lowest BCUT2D eigenvalue weighted by Gasteiger charge is -2.20. The second kappa shape index (κ2) is 4.49. The van der Waals surface area contributed by atoms with Crippen LogP contribution in [0.1, 0.15) is 34.8 Å². The van der Waals surface area contributed by atoms with Crippen molar-refractivity contribution in [3.05, 3.63) is 28.8 Å². The van der Waals surface area contributed by atoms with E-state index in [1.807, 2.05) is 13.0 Å². The molecule has 0 aromatic heterocycles. The number of aryl methyl sites for hydroxylation is 2. The number of ketones is 1. The monoisotopic (exact) mass is 251 g/mol. The minimum Gasteiger partial charge on any atom is -0.326 e. The number of nitrogens with one attached hydrogen (secondary N) is 1. The number of halogens is 1. The van der Waals surface area contributed by atoms with Crippen molar-refractivity contribution >= 4 is 29.0 Å². The van der Waals surface area contributed by atoms with Crippen molar-refractivity contribution in [3.63, 3.8) is 0 Å². The molecule has 0 bridgehead atoms. The number of benzene rings is 1. The molecule has 90 valence electrons. The quantitative estimate of drug-likeness (QED) is 0.649. The number of anilines is 1. The summed E-state index contributed by atoms with van der Waals surface area (Å²) >= 11 is 5.80. The number of rotatable bonds is 2. The molecule has 0 aliphatic carbocycles. The van der Waals surface area contributed by atoms with Gasteiger partial charge in [0.25, 0.3) is 0 Å². The largest absolute Gasteiger partial charge is 0.326 e. The number of amides is 1. The number of hydrogen-bond acceptors (Lipinski definition) is 2. The molecule has 1 aliphatic rings. The first-order chi connectivity index (χ1) is 7.99. The van der Waals surface area contributed by atoms with Gasteiger partial charge in [0.1, 0.15) is 0 Å². The Labute approximate surface area is 105 Å². The maximum Gasteiger partial charge on any atom is 0.224 e. The lowest BCUT2D eigenvalue weighted by atomic mass is 9.94. The maximum absolute atomic E-state index is 11.8. The van der Waals surface area contributed by atoms with Crippen LogP contribution in [0, 0.1) is 6.92 Å². The summed E-state index contributed by atoms with van der Waals surface area (Å²) in [5.41, 5.74) is 3.40. The minimum absolute atomic E-state index is 0.0328. The van der Waals surface area contributed by atoms with Crippen LogP contribution in [0.25, 0.3) is 0 Å². The lowest BCUT2D eigenvalue weighted by molar-refractivity contribution is -0.116.